The summed E-state index contributed by atoms with van der Waals surface area (Å²) in [6.07, 6.45) is 0. The van der Waals surface area contributed by atoms with Gasteiger partial charge in [-0.15, -0.1) is 0 Å². The predicted molar refractivity (Wildman–Crippen MR) is 92.3 cm³/mol. The summed E-state index contributed by atoms with van der Waals surface area (Å²) in [6.45, 7) is 0. The van der Waals surface area contributed by atoms with Crippen molar-refractivity contribution in [1.29, 1.82) is 0 Å². The quantitative estimate of drug-likeness (QED) is 0.546. The molecule has 0 aromatic heterocycles. The summed E-state index contributed by atoms with van der Waals surface area (Å²) in [5, 5.41) is 3.14. The molecule has 0 saturated heterocycles. The minimum absolute atomic E-state index is 0.376. The van der Waals surface area contributed by atoms with E-state index in [1.807, 2.05) is 48.5 Å². The second-order valence-electron chi connectivity index (χ2n) is 4.71. The Bertz CT molecular complexity index is 736. The zero-order chi connectivity index (χ0) is 15.4. The molecule has 110 valence electrons. The first-order valence-electron chi connectivity index (χ1n) is 6.86. The van der Waals surface area contributed by atoms with E-state index in [0.717, 1.165) is 15.9 Å². The molecule has 0 amide bonds. The molecule has 0 aliphatic carbocycles. The van der Waals surface area contributed by atoms with Crippen molar-refractivity contribution in [2.75, 3.05) is 0 Å². The summed E-state index contributed by atoms with van der Waals surface area (Å²) >= 11 is -2.24. The van der Waals surface area contributed by atoms with Crippen molar-refractivity contribution < 1.29 is 8.76 Å². The molecule has 0 bridgehead atoms. The lowest BCUT2D eigenvalue weighted by molar-refractivity contribution is 0.537. The highest BCUT2D eigenvalue weighted by atomic mass is 32.2. The molecule has 0 aliphatic heterocycles. The standard InChI is InChI=1S/C18H15O2PS/c19-22(20)18-14-8-7-13-17(18)21(15-9-3-1-4-10-15)16-11-5-2-6-12-16/h1-14H,(H,19,20)/p-1. The van der Waals surface area contributed by atoms with Crippen LogP contribution in [0.2, 0.25) is 0 Å². The number of hydrogen-bond donors (Lipinski definition) is 0. The smallest absolute Gasteiger partial charge is 0.0332 e. The van der Waals surface area contributed by atoms with Crippen LogP contribution in [-0.4, -0.2) is 8.76 Å². The van der Waals surface area contributed by atoms with Crippen LogP contribution in [0, 0.1) is 0 Å². The molecule has 3 aromatic carbocycles. The summed E-state index contributed by atoms with van der Waals surface area (Å²) in [6, 6.07) is 27.4. The van der Waals surface area contributed by atoms with E-state index in [9.17, 15) is 8.76 Å². The summed E-state index contributed by atoms with van der Waals surface area (Å²) in [7, 11) is -0.892. The van der Waals surface area contributed by atoms with Crippen molar-refractivity contribution in [2.24, 2.45) is 0 Å². The number of benzene rings is 3. The molecular formula is C18H14O2PS-. The molecule has 0 N–H and O–H groups in total. The van der Waals surface area contributed by atoms with E-state index in [1.165, 1.54) is 0 Å². The molecule has 3 rings (SSSR count). The Morgan fingerprint density at radius 2 is 1.14 bits per heavy atom. The van der Waals surface area contributed by atoms with Gasteiger partial charge in [0.15, 0.2) is 0 Å². The van der Waals surface area contributed by atoms with Crippen molar-refractivity contribution in [3.8, 4) is 0 Å². The fraction of sp³-hybridized carbons (Fsp3) is 0. The fourth-order valence-electron chi connectivity index (χ4n) is 2.36. The van der Waals surface area contributed by atoms with Gasteiger partial charge in [-0.2, -0.15) is 0 Å². The largest absolute Gasteiger partial charge is 0.768 e. The van der Waals surface area contributed by atoms with Crippen LogP contribution < -0.4 is 15.9 Å². The summed E-state index contributed by atoms with van der Waals surface area (Å²) in [5.41, 5.74) is 0. The Morgan fingerprint density at radius 1 is 0.682 bits per heavy atom. The lowest BCUT2D eigenvalue weighted by Crippen LogP contribution is -2.23. The van der Waals surface area contributed by atoms with Crippen molar-refractivity contribution >= 4 is 34.9 Å². The Labute approximate surface area is 133 Å². The molecular weight excluding hydrogens is 311 g/mol. The molecule has 1 unspecified atom stereocenters. The molecule has 3 aromatic rings. The molecule has 2 nitrogen and oxygen atoms in total. The van der Waals surface area contributed by atoms with Gasteiger partial charge in [0.1, 0.15) is 0 Å². The third-order valence-electron chi connectivity index (χ3n) is 3.31. The van der Waals surface area contributed by atoms with Gasteiger partial charge in [-0.1, -0.05) is 78.9 Å². The maximum absolute atomic E-state index is 11.6. The van der Waals surface area contributed by atoms with Gasteiger partial charge in [-0.3, -0.25) is 4.21 Å². The van der Waals surface area contributed by atoms with Crippen molar-refractivity contribution in [3.63, 3.8) is 0 Å². The van der Waals surface area contributed by atoms with E-state index in [4.69, 9.17) is 0 Å². The summed E-state index contributed by atoms with van der Waals surface area (Å²) < 4.78 is 23.2. The van der Waals surface area contributed by atoms with Crippen LogP contribution in [0.3, 0.4) is 0 Å². The van der Waals surface area contributed by atoms with Crippen LogP contribution in [0.15, 0.2) is 89.8 Å². The molecule has 0 saturated carbocycles. The highest BCUT2D eigenvalue weighted by Crippen LogP contribution is 2.34. The number of hydrogen-bond acceptors (Lipinski definition) is 2. The lowest BCUT2D eigenvalue weighted by Gasteiger charge is -2.22. The average molecular weight is 325 g/mol. The van der Waals surface area contributed by atoms with Gasteiger partial charge in [0, 0.05) is 4.90 Å². The maximum Gasteiger partial charge on any atom is 0.0332 e. The summed E-state index contributed by atoms with van der Waals surface area (Å²) in [5.74, 6) is 0. The molecule has 0 spiro atoms. The predicted octanol–water partition coefficient (Wildman–Crippen LogP) is 2.68. The molecule has 1 atom stereocenters. The van der Waals surface area contributed by atoms with Crippen molar-refractivity contribution in [1.82, 2.24) is 0 Å². The zero-order valence-electron chi connectivity index (χ0n) is 11.8. The van der Waals surface area contributed by atoms with E-state index in [0.29, 0.717) is 4.90 Å². The molecule has 0 radical (unpaired) electrons. The first-order chi connectivity index (χ1) is 10.8. The monoisotopic (exact) mass is 325 g/mol. The first kappa shape index (κ1) is 15.1. The third kappa shape index (κ3) is 3.17. The van der Waals surface area contributed by atoms with Gasteiger partial charge < -0.3 is 4.55 Å². The Hall–Kier alpha value is -1.80. The van der Waals surface area contributed by atoms with Crippen LogP contribution in [-0.2, 0) is 11.1 Å². The Balaban J connectivity index is 2.21. The highest BCUT2D eigenvalue weighted by Gasteiger charge is 2.19. The zero-order valence-corrected chi connectivity index (χ0v) is 13.5. The third-order valence-corrected chi connectivity index (χ3v) is 6.68. The van der Waals surface area contributed by atoms with E-state index in [2.05, 4.69) is 24.3 Å². The van der Waals surface area contributed by atoms with Crippen LogP contribution in [0.5, 0.6) is 0 Å². The molecule has 0 aliphatic rings. The molecule has 0 fully saturated rings. The van der Waals surface area contributed by atoms with E-state index in [1.54, 1.807) is 12.1 Å². The van der Waals surface area contributed by atoms with Crippen molar-refractivity contribution in [3.05, 3.63) is 84.9 Å². The first-order valence-corrected chi connectivity index (χ1v) is 9.27. The second kappa shape index (κ2) is 6.97. The topological polar surface area (TPSA) is 40.1 Å². The van der Waals surface area contributed by atoms with Crippen LogP contribution in [0.25, 0.3) is 0 Å². The lowest BCUT2D eigenvalue weighted by atomic mass is 10.3. The number of rotatable bonds is 4. The minimum Gasteiger partial charge on any atom is -0.768 e. The van der Waals surface area contributed by atoms with Crippen LogP contribution in [0.1, 0.15) is 0 Å². The fourth-order valence-corrected chi connectivity index (χ4v) is 5.62. The van der Waals surface area contributed by atoms with Crippen LogP contribution >= 0.6 is 7.92 Å². The van der Waals surface area contributed by atoms with Crippen LogP contribution in [0.4, 0.5) is 0 Å². The van der Waals surface area contributed by atoms with E-state index >= 15 is 0 Å². The second-order valence-corrected chi connectivity index (χ2v) is 7.80. The normalized spacial score (nSPS) is 12.3. The van der Waals surface area contributed by atoms with Gasteiger partial charge in [0.05, 0.1) is 0 Å². The van der Waals surface area contributed by atoms with Crippen molar-refractivity contribution in [2.45, 2.75) is 4.90 Å². The SMILES string of the molecule is O=S([O-])c1ccccc1P(c1ccccc1)c1ccccc1. The van der Waals surface area contributed by atoms with Gasteiger partial charge in [-0.25, -0.2) is 0 Å². The molecule has 4 heteroatoms. The highest BCUT2D eigenvalue weighted by molar-refractivity contribution is 7.83. The average Bonchev–Trinajstić information content (AvgIpc) is 2.57. The van der Waals surface area contributed by atoms with E-state index < -0.39 is 19.0 Å². The maximum atomic E-state index is 11.6. The van der Waals surface area contributed by atoms with Gasteiger partial charge >= 0.3 is 0 Å². The summed E-state index contributed by atoms with van der Waals surface area (Å²) in [4.78, 5) is 0.376. The molecule has 0 heterocycles. The molecule has 22 heavy (non-hydrogen) atoms. The van der Waals surface area contributed by atoms with Gasteiger partial charge in [0.25, 0.3) is 0 Å². The van der Waals surface area contributed by atoms with E-state index in [-0.39, 0.29) is 0 Å². The van der Waals surface area contributed by atoms with Gasteiger partial charge in [0.2, 0.25) is 0 Å². The Morgan fingerprint density at radius 3 is 1.64 bits per heavy atom. The Kier molecular flexibility index (Phi) is 4.79. The van der Waals surface area contributed by atoms with Gasteiger partial charge in [-0.05, 0) is 41.0 Å². The minimum atomic E-state index is -2.24.